The molecule has 0 aliphatic carbocycles. The van der Waals surface area contributed by atoms with Gasteiger partial charge in [-0.25, -0.2) is 0 Å². The summed E-state index contributed by atoms with van der Waals surface area (Å²) in [6.07, 6.45) is 0.568. The lowest BCUT2D eigenvalue weighted by atomic mass is 10.0. The first kappa shape index (κ1) is 8.72. The standard InChI is InChI=1S/C8H11N3O/c1-4-7-10-6(5-9)8(2,3)11(7)12/h4H2,1-3H3. The van der Waals surface area contributed by atoms with Crippen molar-refractivity contribution in [2.75, 3.05) is 0 Å². The van der Waals surface area contributed by atoms with Gasteiger partial charge >= 0.3 is 0 Å². The molecule has 0 aromatic rings. The molecule has 0 bridgehead atoms. The predicted molar refractivity (Wildman–Crippen MR) is 46.1 cm³/mol. The maximum absolute atomic E-state index is 11.4. The van der Waals surface area contributed by atoms with Crippen LogP contribution in [0.2, 0.25) is 0 Å². The fraction of sp³-hybridized carbons (Fsp3) is 0.625. The van der Waals surface area contributed by atoms with Crippen LogP contribution >= 0.6 is 0 Å². The summed E-state index contributed by atoms with van der Waals surface area (Å²) in [5.41, 5.74) is -0.477. The van der Waals surface area contributed by atoms with Crippen molar-refractivity contribution >= 4 is 11.5 Å². The van der Waals surface area contributed by atoms with E-state index in [1.165, 1.54) is 0 Å². The molecule has 0 N–H and O–H groups in total. The van der Waals surface area contributed by atoms with Gasteiger partial charge in [0, 0.05) is 0 Å². The van der Waals surface area contributed by atoms with E-state index in [0.29, 0.717) is 18.0 Å². The summed E-state index contributed by atoms with van der Waals surface area (Å²) in [6, 6.07) is 1.94. The zero-order valence-electron chi connectivity index (χ0n) is 7.46. The van der Waals surface area contributed by atoms with Gasteiger partial charge in [0.05, 0.1) is 6.42 Å². The largest absolute Gasteiger partial charge is 0.714 e. The first-order chi connectivity index (χ1) is 5.54. The van der Waals surface area contributed by atoms with Crippen LogP contribution in [0.1, 0.15) is 27.2 Å². The minimum absolute atomic E-state index is 0.300. The molecule has 1 heterocycles. The molecule has 0 aromatic heterocycles. The highest BCUT2D eigenvalue weighted by molar-refractivity contribution is 6.12. The molecule has 0 fully saturated rings. The summed E-state index contributed by atoms with van der Waals surface area (Å²) in [6.45, 7) is 5.25. The Bertz CT molecular complexity index is 307. The number of hydrogen-bond donors (Lipinski definition) is 0. The molecule has 0 aromatic carbocycles. The number of hydrogen-bond acceptors (Lipinski definition) is 3. The summed E-state index contributed by atoms with van der Waals surface area (Å²) in [4.78, 5) is 3.94. The van der Waals surface area contributed by atoms with Gasteiger partial charge in [0.25, 0.3) is 11.5 Å². The monoisotopic (exact) mass is 165 g/mol. The van der Waals surface area contributed by atoms with Crippen molar-refractivity contribution in [1.29, 1.82) is 5.26 Å². The summed E-state index contributed by atoms with van der Waals surface area (Å²) in [5, 5.41) is 20.1. The summed E-state index contributed by atoms with van der Waals surface area (Å²) >= 11 is 0. The van der Waals surface area contributed by atoms with Crippen LogP contribution in [-0.4, -0.2) is 21.8 Å². The second kappa shape index (κ2) is 2.59. The van der Waals surface area contributed by atoms with Crippen LogP contribution in [0.3, 0.4) is 0 Å². The lowest BCUT2D eigenvalue weighted by molar-refractivity contribution is -0.514. The van der Waals surface area contributed by atoms with Crippen molar-refractivity contribution < 1.29 is 4.74 Å². The van der Waals surface area contributed by atoms with Gasteiger partial charge < -0.3 is 5.21 Å². The van der Waals surface area contributed by atoms with Crippen LogP contribution in [0.25, 0.3) is 0 Å². The maximum atomic E-state index is 11.4. The Labute approximate surface area is 71.4 Å². The third-order valence-corrected chi connectivity index (χ3v) is 1.98. The van der Waals surface area contributed by atoms with E-state index in [-0.39, 0.29) is 0 Å². The molecule has 0 atom stereocenters. The Morgan fingerprint density at radius 2 is 2.25 bits per heavy atom. The minimum atomic E-state index is -0.778. The van der Waals surface area contributed by atoms with Crippen LogP contribution in [0.4, 0.5) is 0 Å². The van der Waals surface area contributed by atoms with Crippen LogP contribution in [0, 0.1) is 16.5 Å². The number of nitriles is 1. The summed E-state index contributed by atoms with van der Waals surface area (Å²) in [5.74, 6) is 0.441. The van der Waals surface area contributed by atoms with E-state index in [1.54, 1.807) is 13.8 Å². The lowest BCUT2D eigenvalue weighted by Gasteiger charge is -2.20. The number of rotatable bonds is 1. The van der Waals surface area contributed by atoms with E-state index in [9.17, 15) is 5.21 Å². The number of nitrogens with zero attached hydrogens (tertiary/aromatic N) is 3. The number of hydroxylamine groups is 1. The SMILES string of the molecule is CCC1=[N+]([O-])C(C)(C)C(C#N)=N1. The van der Waals surface area contributed by atoms with Gasteiger partial charge in [0.15, 0.2) is 5.54 Å². The third kappa shape index (κ3) is 0.981. The van der Waals surface area contributed by atoms with Crippen LogP contribution in [-0.2, 0) is 0 Å². The van der Waals surface area contributed by atoms with Crippen LogP contribution in [0.5, 0.6) is 0 Å². The zero-order chi connectivity index (χ0) is 9.35. The molecular formula is C8H11N3O. The average molecular weight is 165 g/mol. The second-order valence-electron chi connectivity index (χ2n) is 3.20. The van der Waals surface area contributed by atoms with Gasteiger partial charge in [0.2, 0.25) is 0 Å². The Hall–Kier alpha value is -1.37. The molecule has 4 nitrogen and oxygen atoms in total. The highest BCUT2D eigenvalue weighted by Gasteiger charge is 2.41. The van der Waals surface area contributed by atoms with Crippen molar-refractivity contribution in [3.63, 3.8) is 0 Å². The zero-order valence-corrected chi connectivity index (χ0v) is 7.46. The third-order valence-electron chi connectivity index (χ3n) is 1.98. The quantitative estimate of drug-likeness (QED) is 0.431. The average Bonchev–Trinajstić information content (AvgIpc) is 2.25. The van der Waals surface area contributed by atoms with Gasteiger partial charge in [0.1, 0.15) is 6.07 Å². The lowest BCUT2D eigenvalue weighted by Crippen LogP contribution is -2.37. The van der Waals surface area contributed by atoms with Gasteiger partial charge in [-0.1, -0.05) is 6.92 Å². The van der Waals surface area contributed by atoms with Crippen molar-refractivity contribution in [2.24, 2.45) is 4.99 Å². The first-order valence-corrected chi connectivity index (χ1v) is 3.86. The molecule has 1 aliphatic heterocycles. The Kier molecular flexibility index (Phi) is 1.89. The second-order valence-corrected chi connectivity index (χ2v) is 3.20. The summed E-state index contributed by atoms with van der Waals surface area (Å²) < 4.78 is 0.811. The topological polar surface area (TPSA) is 62.2 Å². The van der Waals surface area contributed by atoms with E-state index in [4.69, 9.17) is 5.26 Å². The van der Waals surface area contributed by atoms with Crippen molar-refractivity contribution in [2.45, 2.75) is 32.7 Å². The Morgan fingerprint density at radius 1 is 1.67 bits per heavy atom. The highest BCUT2D eigenvalue weighted by atomic mass is 16.5. The molecule has 1 aliphatic rings. The molecule has 4 heteroatoms. The van der Waals surface area contributed by atoms with E-state index in [0.717, 1.165) is 4.74 Å². The molecule has 0 amide bonds. The van der Waals surface area contributed by atoms with E-state index >= 15 is 0 Å². The van der Waals surface area contributed by atoms with E-state index in [2.05, 4.69) is 4.99 Å². The molecule has 64 valence electrons. The Morgan fingerprint density at radius 3 is 2.50 bits per heavy atom. The predicted octanol–water partition coefficient (Wildman–Crippen LogP) is 1.06. The van der Waals surface area contributed by atoms with Crippen LogP contribution < -0.4 is 0 Å². The van der Waals surface area contributed by atoms with Gasteiger partial charge in [-0.3, -0.25) is 4.74 Å². The molecule has 12 heavy (non-hydrogen) atoms. The molecule has 0 radical (unpaired) electrons. The number of aliphatic imine (C=N–C) groups is 1. The highest BCUT2D eigenvalue weighted by Crippen LogP contribution is 2.18. The molecule has 0 saturated carbocycles. The van der Waals surface area contributed by atoms with Gasteiger partial charge in [-0.15, -0.1) is 0 Å². The van der Waals surface area contributed by atoms with Gasteiger partial charge in [-0.05, 0) is 18.8 Å². The molecule has 1 rings (SSSR count). The normalized spacial score (nSPS) is 20.7. The first-order valence-electron chi connectivity index (χ1n) is 3.86. The van der Waals surface area contributed by atoms with Crippen LogP contribution in [0.15, 0.2) is 4.99 Å². The molecule has 0 spiro atoms. The van der Waals surface area contributed by atoms with E-state index in [1.807, 2.05) is 13.0 Å². The molecule has 0 unspecified atom stereocenters. The van der Waals surface area contributed by atoms with Crippen molar-refractivity contribution in [1.82, 2.24) is 0 Å². The Balaban J connectivity index is 3.15. The van der Waals surface area contributed by atoms with Crippen molar-refractivity contribution in [3.8, 4) is 6.07 Å². The maximum Gasteiger partial charge on any atom is 0.298 e. The number of amidine groups is 1. The minimum Gasteiger partial charge on any atom is -0.714 e. The molecule has 0 saturated heterocycles. The molecular weight excluding hydrogens is 154 g/mol. The fourth-order valence-corrected chi connectivity index (χ4v) is 1.11. The van der Waals surface area contributed by atoms with Gasteiger partial charge in [-0.2, -0.15) is 5.26 Å². The smallest absolute Gasteiger partial charge is 0.298 e. The van der Waals surface area contributed by atoms with E-state index < -0.39 is 5.54 Å². The van der Waals surface area contributed by atoms with Crippen molar-refractivity contribution in [3.05, 3.63) is 5.21 Å². The fourth-order valence-electron chi connectivity index (χ4n) is 1.11. The summed E-state index contributed by atoms with van der Waals surface area (Å²) in [7, 11) is 0.